The van der Waals surface area contributed by atoms with Gasteiger partial charge in [0.2, 0.25) is 5.91 Å². The SMILES string of the molecule is CCCC[C@@H](C(=O)Nc1ccc(F)cc1)N1C(=O)c2ccccc2C1=O. The number of hydrogen-bond donors (Lipinski definition) is 1. The van der Waals surface area contributed by atoms with Crippen molar-refractivity contribution in [3.05, 3.63) is 65.5 Å². The molecule has 0 saturated heterocycles. The highest BCUT2D eigenvalue weighted by Gasteiger charge is 2.42. The van der Waals surface area contributed by atoms with Crippen molar-refractivity contribution in [2.75, 3.05) is 5.32 Å². The van der Waals surface area contributed by atoms with E-state index in [9.17, 15) is 18.8 Å². The zero-order chi connectivity index (χ0) is 18.7. The van der Waals surface area contributed by atoms with E-state index in [4.69, 9.17) is 0 Å². The number of nitrogens with zero attached hydrogens (tertiary/aromatic N) is 1. The summed E-state index contributed by atoms with van der Waals surface area (Å²) in [7, 11) is 0. The van der Waals surface area contributed by atoms with Gasteiger partial charge in [0.05, 0.1) is 11.1 Å². The van der Waals surface area contributed by atoms with E-state index in [2.05, 4.69) is 5.32 Å². The Kier molecular flexibility index (Phi) is 5.11. The van der Waals surface area contributed by atoms with Crippen LogP contribution >= 0.6 is 0 Å². The molecule has 134 valence electrons. The summed E-state index contributed by atoms with van der Waals surface area (Å²) in [4.78, 5) is 39.2. The molecule has 2 aromatic carbocycles. The van der Waals surface area contributed by atoms with Gasteiger partial charge in [-0.1, -0.05) is 31.9 Å². The van der Waals surface area contributed by atoms with Gasteiger partial charge in [-0.05, 0) is 42.8 Å². The van der Waals surface area contributed by atoms with Crippen molar-refractivity contribution in [2.24, 2.45) is 0 Å². The van der Waals surface area contributed by atoms with E-state index in [-0.39, 0.29) is 0 Å². The average molecular weight is 354 g/mol. The van der Waals surface area contributed by atoms with Gasteiger partial charge in [0.15, 0.2) is 0 Å². The number of anilines is 1. The Labute approximate surface area is 150 Å². The molecule has 0 unspecified atom stereocenters. The molecule has 0 aliphatic carbocycles. The number of rotatable bonds is 6. The van der Waals surface area contributed by atoms with Crippen LogP contribution in [0.5, 0.6) is 0 Å². The fourth-order valence-electron chi connectivity index (χ4n) is 3.02. The first-order chi connectivity index (χ1) is 12.5. The summed E-state index contributed by atoms with van der Waals surface area (Å²) in [5.41, 5.74) is 1.04. The summed E-state index contributed by atoms with van der Waals surface area (Å²) in [6, 6.07) is 11.0. The monoisotopic (exact) mass is 354 g/mol. The quantitative estimate of drug-likeness (QED) is 0.806. The molecule has 1 aliphatic heterocycles. The van der Waals surface area contributed by atoms with Crippen molar-refractivity contribution in [3.8, 4) is 0 Å². The molecule has 3 amide bonds. The van der Waals surface area contributed by atoms with E-state index in [0.29, 0.717) is 29.7 Å². The van der Waals surface area contributed by atoms with E-state index in [1.54, 1.807) is 24.3 Å². The van der Waals surface area contributed by atoms with Crippen molar-refractivity contribution in [3.63, 3.8) is 0 Å². The number of hydrogen-bond acceptors (Lipinski definition) is 3. The summed E-state index contributed by atoms with van der Waals surface area (Å²) in [6.07, 6.45) is 1.88. The number of amides is 3. The third-order valence-corrected chi connectivity index (χ3v) is 4.38. The molecular weight excluding hydrogens is 335 g/mol. The Balaban J connectivity index is 1.86. The topological polar surface area (TPSA) is 66.5 Å². The van der Waals surface area contributed by atoms with Crippen molar-refractivity contribution >= 4 is 23.4 Å². The van der Waals surface area contributed by atoms with Crippen molar-refractivity contribution in [2.45, 2.75) is 32.2 Å². The lowest BCUT2D eigenvalue weighted by Gasteiger charge is -2.25. The zero-order valence-corrected chi connectivity index (χ0v) is 14.4. The van der Waals surface area contributed by atoms with Crippen LogP contribution in [0.2, 0.25) is 0 Å². The van der Waals surface area contributed by atoms with Crippen LogP contribution in [0.3, 0.4) is 0 Å². The minimum Gasteiger partial charge on any atom is -0.324 e. The summed E-state index contributed by atoms with van der Waals surface area (Å²) < 4.78 is 13.0. The van der Waals surface area contributed by atoms with Crippen molar-refractivity contribution < 1.29 is 18.8 Å². The van der Waals surface area contributed by atoms with Gasteiger partial charge < -0.3 is 5.32 Å². The number of nitrogens with one attached hydrogen (secondary N) is 1. The largest absolute Gasteiger partial charge is 0.324 e. The van der Waals surface area contributed by atoms with Gasteiger partial charge in [-0.3, -0.25) is 19.3 Å². The molecule has 0 fully saturated rings. The maximum atomic E-state index is 13.0. The number of halogens is 1. The summed E-state index contributed by atoms with van der Waals surface area (Å²) in [5.74, 6) is -1.78. The Morgan fingerprint density at radius 1 is 1.04 bits per heavy atom. The smallest absolute Gasteiger partial charge is 0.262 e. The summed E-state index contributed by atoms with van der Waals surface area (Å²) in [5, 5.41) is 2.67. The second-order valence-electron chi connectivity index (χ2n) is 6.18. The lowest BCUT2D eigenvalue weighted by molar-refractivity contribution is -0.120. The second-order valence-corrected chi connectivity index (χ2v) is 6.18. The molecule has 3 rings (SSSR count). The molecule has 1 heterocycles. The molecule has 6 heteroatoms. The Bertz CT molecular complexity index is 813. The van der Waals surface area contributed by atoms with Gasteiger partial charge in [-0.15, -0.1) is 0 Å². The highest BCUT2D eigenvalue weighted by atomic mass is 19.1. The van der Waals surface area contributed by atoms with Crippen LogP contribution < -0.4 is 5.32 Å². The summed E-state index contributed by atoms with van der Waals surface area (Å²) in [6.45, 7) is 1.97. The van der Waals surface area contributed by atoms with Gasteiger partial charge in [0.1, 0.15) is 11.9 Å². The molecule has 0 saturated carbocycles. The number of benzene rings is 2. The van der Waals surface area contributed by atoms with Gasteiger partial charge in [-0.25, -0.2) is 4.39 Å². The van der Waals surface area contributed by atoms with E-state index >= 15 is 0 Å². The van der Waals surface area contributed by atoms with Crippen molar-refractivity contribution in [1.82, 2.24) is 4.90 Å². The third-order valence-electron chi connectivity index (χ3n) is 4.38. The molecular formula is C20H19FN2O3. The predicted molar refractivity (Wildman–Crippen MR) is 95.3 cm³/mol. The standard InChI is InChI=1S/C20H19FN2O3/c1-2-3-8-17(18(24)22-14-11-9-13(21)10-12-14)23-19(25)15-6-4-5-7-16(15)20(23)26/h4-7,9-12,17H,2-3,8H2,1H3,(H,22,24)/t17-/m0/s1. The van der Waals surface area contributed by atoms with E-state index < -0.39 is 29.6 Å². The minimum absolute atomic E-state index is 0.314. The van der Waals surface area contributed by atoms with E-state index in [1.165, 1.54) is 24.3 Å². The number of fused-ring (bicyclic) bond motifs is 1. The molecule has 5 nitrogen and oxygen atoms in total. The molecule has 1 atom stereocenters. The van der Waals surface area contributed by atoms with Gasteiger partial charge in [0.25, 0.3) is 11.8 Å². The first-order valence-electron chi connectivity index (χ1n) is 8.56. The third kappa shape index (κ3) is 3.35. The zero-order valence-electron chi connectivity index (χ0n) is 14.4. The Morgan fingerprint density at radius 3 is 2.15 bits per heavy atom. The van der Waals surface area contributed by atoms with Crippen LogP contribution in [0.25, 0.3) is 0 Å². The van der Waals surface area contributed by atoms with E-state index in [1.807, 2.05) is 6.92 Å². The van der Waals surface area contributed by atoms with Gasteiger partial charge in [-0.2, -0.15) is 0 Å². The van der Waals surface area contributed by atoms with Crippen molar-refractivity contribution in [1.29, 1.82) is 0 Å². The second kappa shape index (κ2) is 7.47. The first-order valence-corrected chi connectivity index (χ1v) is 8.56. The van der Waals surface area contributed by atoms with Crippen LogP contribution in [0.1, 0.15) is 46.9 Å². The Morgan fingerprint density at radius 2 is 1.62 bits per heavy atom. The predicted octanol–water partition coefficient (Wildman–Crippen LogP) is 3.62. The van der Waals surface area contributed by atoms with Crippen LogP contribution in [0, 0.1) is 5.82 Å². The highest BCUT2D eigenvalue weighted by Crippen LogP contribution is 2.27. The van der Waals surface area contributed by atoms with Crippen LogP contribution in [-0.2, 0) is 4.79 Å². The van der Waals surface area contributed by atoms with Crippen LogP contribution in [0.4, 0.5) is 10.1 Å². The molecule has 0 aromatic heterocycles. The fraction of sp³-hybridized carbons (Fsp3) is 0.250. The van der Waals surface area contributed by atoms with E-state index in [0.717, 1.165) is 11.3 Å². The number of unbranched alkanes of at least 4 members (excludes halogenated alkanes) is 1. The maximum absolute atomic E-state index is 13.0. The Hall–Kier alpha value is -3.02. The molecule has 2 aromatic rings. The number of imide groups is 1. The van der Waals surface area contributed by atoms with Crippen LogP contribution in [0.15, 0.2) is 48.5 Å². The number of carbonyl (C=O) groups is 3. The normalized spacial score (nSPS) is 14.3. The fourth-order valence-corrected chi connectivity index (χ4v) is 3.02. The molecule has 26 heavy (non-hydrogen) atoms. The minimum atomic E-state index is -0.910. The average Bonchev–Trinajstić information content (AvgIpc) is 2.89. The molecule has 0 spiro atoms. The molecule has 1 aliphatic rings. The van der Waals surface area contributed by atoms with Crippen LogP contribution in [-0.4, -0.2) is 28.7 Å². The van der Waals surface area contributed by atoms with Gasteiger partial charge >= 0.3 is 0 Å². The molecule has 0 bridgehead atoms. The first kappa shape index (κ1) is 17.8. The summed E-state index contributed by atoms with van der Waals surface area (Å²) >= 11 is 0. The maximum Gasteiger partial charge on any atom is 0.262 e. The number of carbonyl (C=O) groups excluding carboxylic acids is 3. The highest BCUT2D eigenvalue weighted by molar-refractivity contribution is 6.23. The molecule has 1 N–H and O–H groups in total. The lowest BCUT2D eigenvalue weighted by atomic mass is 10.1. The van der Waals surface area contributed by atoms with Gasteiger partial charge in [0, 0.05) is 5.69 Å². The lowest BCUT2D eigenvalue weighted by Crippen LogP contribution is -2.47. The molecule has 0 radical (unpaired) electrons.